The van der Waals surface area contributed by atoms with Crippen molar-refractivity contribution in [3.63, 3.8) is 0 Å². The molecule has 1 aromatic carbocycles. The molecule has 0 aliphatic heterocycles. The van der Waals surface area contributed by atoms with E-state index < -0.39 is 10.5 Å². The number of non-ortho nitro benzene ring substituents is 1. The van der Waals surface area contributed by atoms with Crippen LogP contribution in [0.3, 0.4) is 0 Å². The minimum absolute atomic E-state index is 0.0246. The number of nitrogens with zero attached hydrogens (tertiary/aromatic N) is 1. The van der Waals surface area contributed by atoms with Crippen LogP contribution in [-0.2, 0) is 0 Å². The number of rotatable bonds is 6. The maximum absolute atomic E-state index is 10.7. The summed E-state index contributed by atoms with van der Waals surface area (Å²) in [6.45, 7) is 5.53. The molecule has 0 heterocycles. The van der Waals surface area contributed by atoms with Gasteiger partial charge in [0, 0.05) is 6.07 Å². The lowest BCUT2D eigenvalue weighted by Gasteiger charge is -2.27. The van der Waals surface area contributed by atoms with Crippen LogP contribution in [0.1, 0.15) is 20.8 Å². The maximum Gasteiger partial charge on any atom is 0.273 e. The molecular weight excluding hydrogens is 250 g/mol. The highest BCUT2D eigenvalue weighted by atomic mass is 16.6. The highest BCUT2D eigenvalue weighted by molar-refractivity contribution is 5.48. The van der Waals surface area contributed by atoms with Crippen LogP contribution in [-0.4, -0.2) is 29.3 Å². The van der Waals surface area contributed by atoms with Gasteiger partial charge in [0.1, 0.15) is 6.61 Å². The molecule has 0 radical (unpaired) electrons. The first-order valence-electron chi connectivity index (χ1n) is 5.95. The fourth-order valence-corrected chi connectivity index (χ4v) is 1.28. The summed E-state index contributed by atoms with van der Waals surface area (Å²) in [6, 6.07) is 4.09. The molecule has 0 aliphatic rings. The molecule has 0 saturated heterocycles. The second-order valence-electron chi connectivity index (χ2n) is 4.89. The van der Waals surface area contributed by atoms with Gasteiger partial charge in [-0.05, 0) is 18.9 Å². The Balaban J connectivity index is 2.87. The van der Waals surface area contributed by atoms with Crippen molar-refractivity contribution in [2.75, 3.05) is 13.7 Å². The summed E-state index contributed by atoms with van der Waals surface area (Å²) < 4.78 is 10.5. The van der Waals surface area contributed by atoms with E-state index in [1.165, 1.54) is 25.3 Å². The molecule has 0 aromatic heterocycles. The van der Waals surface area contributed by atoms with Crippen molar-refractivity contribution in [1.29, 1.82) is 0 Å². The van der Waals surface area contributed by atoms with Crippen molar-refractivity contribution in [2.45, 2.75) is 26.4 Å². The van der Waals surface area contributed by atoms with Crippen molar-refractivity contribution in [1.82, 2.24) is 0 Å². The lowest BCUT2D eigenvalue weighted by molar-refractivity contribution is -0.385. The quantitative estimate of drug-likeness (QED) is 0.633. The van der Waals surface area contributed by atoms with E-state index in [0.717, 1.165) is 0 Å². The molecule has 1 aromatic rings. The Morgan fingerprint density at radius 3 is 2.53 bits per heavy atom. The van der Waals surface area contributed by atoms with E-state index in [0.29, 0.717) is 5.75 Å². The van der Waals surface area contributed by atoms with Gasteiger partial charge in [0.25, 0.3) is 5.69 Å². The number of methoxy groups -OCH3 is 1. The summed E-state index contributed by atoms with van der Waals surface area (Å²) >= 11 is 0. The van der Waals surface area contributed by atoms with Gasteiger partial charge < -0.3 is 14.6 Å². The second-order valence-corrected chi connectivity index (χ2v) is 4.89. The molecule has 0 amide bonds. The van der Waals surface area contributed by atoms with Crippen molar-refractivity contribution >= 4 is 5.69 Å². The minimum Gasteiger partial charge on any atom is -0.493 e. The maximum atomic E-state index is 10.7. The van der Waals surface area contributed by atoms with Crippen LogP contribution >= 0.6 is 0 Å². The third-order valence-corrected chi connectivity index (χ3v) is 3.12. The highest BCUT2D eigenvalue weighted by Crippen LogP contribution is 2.32. The molecule has 1 N–H and O–H groups in total. The summed E-state index contributed by atoms with van der Waals surface area (Å²) in [5.41, 5.74) is -1.05. The molecule has 6 heteroatoms. The van der Waals surface area contributed by atoms with Crippen LogP contribution in [0, 0.1) is 16.0 Å². The van der Waals surface area contributed by atoms with E-state index >= 15 is 0 Å². The van der Waals surface area contributed by atoms with Crippen molar-refractivity contribution in [2.24, 2.45) is 5.92 Å². The number of ether oxygens (including phenoxy) is 2. The Labute approximate surface area is 112 Å². The van der Waals surface area contributed by atoms with E-state index in [4.69, 9.17) is 9.47 Å². The molecule has 0 bridgehead atoms. The van der Waals surface area contributed by atoms with E-state index in [1.54, 1.807) is 6.92 Å². The van der Waals surface area contributed by atoms with Gasteiger partial charge in [0.2, 0.25) is 0 Å². The predicted molar refractivity (Wildman–Crippen MR) is 70.6 cm³/mol. The first-order chi connectivity index (χ1) is 8.77. The molecule has 1 unspecified atom stereocenters. The third kappa shape index (κ3) is 3.82. The minimum atomic E-state index is -0.979. The number of hydrogen-bond donors (Lipinski definition) is 1. The van der Waals surface area contributed by atoms with Gasteiger partial charge in [0.15, 0.2) is 11.5 Å². The lowest BCUT2D eigenvalue weighted by atomic mass is 9.94. The predicted octanol–water partition coefficient (Wildman–Crippen LogP) is 2.39. The molecule has 0 aliphatic carbocycles. The van der Waals surface area contributed by atoms with Gasteiger partial charge in [-0.15, -0.1) is 0 Å². The fourth-order valence-electron chi connectivity index (χ4n) is 1.28. The smallest absolute Gasteiger partial charge is 0.273 e. The zero-order valence-electron chi connectivity index (χ0n) is 11.5. The number of nitro benzene ring substituents is 1. The zero-order valence-corrected chi connectivity index (χ0v) is 11.5. The van der Waals surface area contributed by atoms with E-state index in [2.05, 4.69) is 0 Å². The molecular formula is C13H19NO5. The van der Waals surface area contributed by atoms with Crippen molar-refractivity contribution < 1.29 is 19.5 Å². The Morgan fingerprint density at radius 1 is 1.42 bits per heavy atom. The Morgan fingerprint density at radius 2 is 2.05 bits per heavy atom. The zero-order chi connectivity index (χ0) is 14.6. The SMILES string of the molecule is COc1cc([N+](=O)[O-])ccc1OCC(C)(O)C(C)C. The van der Waals surface area contributed by atoms with E-state index in [-0.39, 0.29) is 24.0 Å². The summed E-state index contributed by atoms with van der Waals surface area (Å²) in [7, 11) is 1.41. The van der Waals surface area contributed by atoms with Gasteiger partial charge >= 0.3 is 0 Å². The molecule has 0 spiro atoms. The van der Waals surface area contributed by atoms with Crippen LogP contribution in [0.4, 0.5) is 5.69 Å². The van der Waals surface area contributed by atoms with Gasteiger partial charge in [-0.1, -0.05) is 13.8 Å². The highest BCUT2D eigenvalue weighted by Gasteiger charge is 2.26. The van der Waals surface area contributed by atoms with Gasteiger partial charge in [-0.2, -0.15) is 0 Å². The molecule has 19 heavy (non-hydrogen) atoms. The Hall–Kier alpha value is -1.82. The van der Waals surface area contributed by atoms with Crippen LogP contribution < -0.4 is 9.47 Å². The standard InChI is InChI=1S/C13H19NO5/c1-9(2)13(3,15)8-19-11-6-5-10(14(16)17)7-12(11)18-4/h5-7,9,15H,8H2,1-4H3. The van der Waals surface area contributed by atoms with Crippen LogP contribution in [0.25, 0.3) is 0 Å². The number of nitro groups is 1. The number of benzene rings is 1. The average molecular weight is 269 g/mol. The monoisotopic (exact) mass is 269 g/mol. The van der Waals surface area contributed by atoms with Crippen molar-refractivity contribution in [3.8, 4) is 11.5 Å². The van der Waals surface area contributed by atoms with Gasteiger partial charge in [-0.3, -0.25) is 10.1 Å². The second kappa shape index (κ2) is 5.88. The van der Waals surface area contributed by atoms with E-state index in [9.17, 15) is 15.2 Å². The third-order valence-electron chi connectivity index (χ3n) is 3.12. The summed E-state index contributed by atoms with van der Waals surface area (Å²) in [5.74, 6) is 0.666. The lowest BCUT2D eigenvalue weighted by Crippen LogP contribution is -2.37. The largest absolute Gasteiger partial charge is 0.493 e. The summed E-state index contributed by atoms with van der Waals surface area (Å²) in [4.78, 5) is 10.2. The first kappa shape index (κ1) is 15.2. The van der Waals surface area contributed by atoms with Crippen LogP contribution in [0.2, 0.25) is 0 Å². The Bertz CT molecular complexity index is 456. The fraction of sp³-hybridized carbons (Fsp3) is 0.538. The average Bonchev–Trinajstić information content (AvgIpc) is 2.35. The van der Waals surface area contributed by atoms with Gasteiger partial charge in [-0.25, -0.2) is 0 Å². The van der Waals surface area contributed by atoms with Crippen LogP contribution in [0.5, 0.6) is 11.5 Å². The topological polar surface area (TPSA) is 81.8 Å². The van der Waals surface area contributed by atoms with Crippen LogP contribution in [0.15, 0.2) is 18.2 Å². The number of hydrogen-bond acceptors (Lipinski definition) is 5. The van der Waals surface area contributed by atoms with Crippen molar-refractivity contribution in [3.05, 3.63) is 28.3 Å². The Kier molecular flexibility index (Phi) is 4.72. The molecule has 1 rings (SSSR count). The summed E-state index contributed by atoms with van der Waals surface area (Å²) in [6.07, 6.45) is 0. The molecule has 106 valence electrons. The first-order valence-corrected chi connectivity index (χ1v) is 5.95. The van der Waals surface area contributed by atoms with E-state index in [1.807, 2.05) is 13.8 Å². The molecule has 0 saturated carbocycles. The summed E-state index contributed by atoms with van der Waals surface area (Å²) in [5, 5.41) is 20.7. The molecule has 1 atom stereocenters. The number of aliphatic hydroxyl groups is 1. The molecule has 0 fully saturated rings. The van der Waals surface area contributed by atoms with Gasteiger partial charge in [0.05, 0.1) is 23.7 Å². The normalized spacial score (nSPS) is 14.0. The molecule has 6 nitrogen and oxygen atoms in total.